The van der Waals surface area contributed by atoms with Gasteiger partial charge in [-0.2, -0.15) is 0 Å². The fraction of sp³-hybridized carbons (Fsp3) is 0.353. The van der Waals surface area contributed by atoms with Crippen molar-refractivity contribution in [3.8, 4) is 0 Å². The van der Waals surface area contributed by atoms with Crippen LogP contribution in [0.1, 0.15) is 49.8 Å². The maximum Gasteiger partial charge on any atom is 0.271 e. The van der Waals surface area contributed by atoms with Crippen LogP contribution in [0.5, 0.6) is 0 Å². The van der Waals surface area contributed by atoms with Gasteiger partial charge in [-0.3, -0.25) is 9.59 Å². The van der Waals surface area contributed by atoms with Gasteiger partial charge < -0.3 is 10.6 Å². The van der Waals surface area contributed by atoms with Gasteiger partial charge in [0.2, 0.25) is 5.91 Å². The number of rotatable bonds is 4. The molecule has 5 nitrogen and oxygen atoms in total. The maximum absolute atomic E-state index is 12.5. The lowest BCUT2D eigenvalue weighted by Crippen LogP contribution is -2.36. The molecule has 1 heterocycles. The number of hydrogen-bond acceptors (Lipinski definition) is 4. The molecule has 2 amide bonds. The molecule has 0 fully saturated rings. The van der Waals surface area contributed by atoms with Gasteiger partial charge >= 0.3 is 0 Å². The number of amides is 2. The smallest absolute Gasteiger partial charge is 0.271 e. The van der Waals surface area contributed by atoms with Gasteiger partial charge in [0.05, 0.1) is 6.04 Å². The molecular weight excluding hydrogens is 310 g/mol. The third-order valence-corrected chi connectivity index (χ3v) is 4.05. The molecule has 0 aliphatic heterocycles. The van der Waals surface area contributed by atoms with Crippen molar-refractivity contribution in [2.75, 3.05) is 5.32 Å². The number of aromatic nitrogens is 1. The lowest BCUT2D eigenvalue weighted by molar-refractivity contribution is -0.114. The van der Waals surface area contributed by atoms with E-state index < -0.39 is 0 Å². The Morgan fingerprint density at radius 1 is 1.17 bits per heavy atom. The van der Waals surface area contributed by atoms with Gasteiger partial charge in [-0.1, -0.05) is 51.1 Å². The van der Waals surface area contributed by atoms with Gasteiger partial charge in [-0.05, 0) is 11.0 Å². The van der Waals surface area contributed by atoms with E-state index in [-0.39, 0.29) is 23.3 Å². The number of benzene rings is 1. The summed E-state index contributed by atoms with van der Waals surface area (Å²) in [5.41, 5.74) is 1.21. The molecule has 1 aromatic carbocycles. The van der Waals surface area contributed by atoms with Crippen LogP contribution in [0.3, 0.4) is 0 Å². The van der Waals surface area contributed by atoms with Crippen LogP contribution >= 0.6 is 11.3 Å². The lowest BCUT2D eigenvalue weighted by atomic mass is 9.82. The molecule has 2 N–H and O–H groups in total. The second-order valence-electron chi connectivity index (χ2n) is 6.40. The van der Waals surface area contributed by atoms with Crippen molar-refractivity contribution in [2.24, 2.45) is 5.41 Å². The quantitative estimate of drug-likeness (QED) is 0.899. The molecule has 0 saturated heterocycles. The summed E-state index contributed by atoms with van der Waals surface area (Å²) in [4.78, 5) is 27.7. The third-order valence-electron chi connectivity index (χ3n) is 3.29. The number of carbonyl (C=O) groups is 2. The molecule has 0 aliphatic rings. The minimum absolute atomic E-state index is 0.137. The Hall–Kier alpha value is -2.21. The molecule has 122 valence electrons. The van der Waals surface area contributed by atoms with E-state index in [1.54, 1.807) is 5.38 Å². The second kappa shape index (κ2) is 6.91. The molecule has 1 unspecified atom stereocenters. The van der Waals surface area contributed by atoms with Crippen molar-refractivity contribution in [3.05, 3.63) is 47.0 Å². The first-order chi connectivity index (χ1) is 10.8. The first-order valence-corrected chi connectivity index (χ1v) is 8.24. The summed E-state index contributed by atoms with van der Waals surface area (Å²) in [5, 5.41) is 7.70. The SMILES string of the molecule is CC(=O)Nc1nc(C(=O)NC(c2ccccc2)C(C)(C)C)cs1. The third kappa shape index (κ3) is 4.63. The summed E-state index contributed by atoms with van der Waals surface area (Å²) in [5.74, 6) is -0.454. The zero-order chi connectivity index (χ0) is 17.0. The Balaban J connectivity index is 2.18. The number of anilines is 1. The highest BCUT2D eigenvalue weighted by Gasteiger charge is 2.28. The lowest BCUT2D eigenvalue weighted by Gasteiger charge is -2.31. The van der Waals surface area contributed by atoms with Crippen LogP contribution < -0.4 is 10.6 Å². The highest BCUT2D eigenvalue weighted by atomic mass is 32.1. The number of nitrogens with zero attached hydrogens (tertiary/aromatic N) is 1. The summed E-state index contributed by atoms with van der Waals surface area (Å²) in [6.07, 6.45) is 0. The number of hydrogen-bond donors (Lipinski definition) is 2. The molecule has 0 aliphatic carbocycles. The van der Waals surface area contributed by atoms with Crippen LogP contribution in [-0.4, -0.2) is 16.8 Å². The molecule has 6 heteroatoms. The average molecular weight is 331 g/mol. The van der Waals surface area contributed by atoms with Crippen LogP contribution in [0.2, 0.25) is 0 Å². The van der Waals surface area contributed by atoms with Crippen LogP contribution in [0.15, 0.2) is 35.7 Å². The number of nitrogens with one attached hydrogen (secondary N) is 2. The van der Waals surface area contributed by atoms with Crippen LogP contribution in [-0.2, 0) is 4.79 Å². The summed E-state index contributed by atoms with van der Waals surface area (Å²) < 4.78 is 0. The van der Waals surface area contributed by atoms with Gasteiger partial charge in [-0.25, -0.2) is 4.98 Å². The Kier molecular flexibility index (Phi) is 5.15. The van der Waals surface area contributed by atoms with Gasteiger partial charge in [-0.15, -0.1) is 11.3 Å². The van der Waals surface area contributed by atoms with E-state index in [4.69, 9.17) is 0 Å². The van der Waals surface area contributed by atoms with E-state index >= 15 is 0 Å². The number of thiazole rings is 1. The zero-order valence-corrected chi connectivity index (χ0v) is 14.5. The average Bonchev–Trinajstić information content (AvgIpc) is 2.92. The number of carbonyl (C=O) groups excluding carboxylic acids is 2. The Labute approximate surface area is 140 Å². The van der Waals surface area contributed by atoms with Gasteiger partial charge in [0, 0.05) is 12.3 Å². The van der Waals surface area contributed by atoms with E-state index in [2.05, 4.69) is 36.4 Å². The predicted octanol–water partition coefficient (Wildman–Crippen LogP) is 3.62. The molecule has 23 heavy (non-hydrogen) atoms. The summed E-state index contributed by atoms with van der Waals surface area (Å²) >= 11 is 1.23. The molecular formula is C17H21N3O2S. The highest BCUT2D eigenvalue weighted by molar-refractivity contribution is 7.14. The summed E-state index contributed by atoms with van der Waals surface area (Å²) in [6, 6.07) is 9.73. The van der Waals surface area contributed by atoms with Crippen molar-refractivity contribution in [1.29, 1.82) is 0 Å². The first-order valence-electron chi connectivity index (χ1n) is 7.36. The topological polar surface area (TPSA) is 71.1 Å². The van der Waals surface area contributed by atoms with E-state index in [1.165, 1.54) is 18.3 Å². The van der Waals surface area contributed by atoms with Crippen LogP contribution in [0, 0.1) is 5.41 Å². The standard InChI is InChI=1S/C17H21N3O2S/c1-11(21)18-16-19-13(10-23-16)15(22)20-14(17(2,3)4)12-8-6-5-7-9-12/h5-10,14H,1-4H3,(H,20,22)(H,18,19,21). The largest absolute Gasteiger partial charge is 0.343 e. The van der Waals surface area contributed by atoms with Gasteiger partial charge in [0.15, 0.2) is 5.13 Å². The monoisotopic (exact) mass is 331 g/mol. The zero-order valence-electron chi connectivity index (χ0n) is 13.7. The Morgan fingerprint density at radius 2 is 1.83 bits per heavy atom. The molecule has 2 rings (SSSR count). The van der Waals surface area contributed by atoms with Crippen molar-refractivity contribution in [3.63, 3.8) is 0 Å². The minimum Gasteiger partial charge on any atom is -0.343 e. The molecule has 2 aromatic rings. The fourth-order valence-electron chi connectivity index (χ4n) is 2.24. The molecule has 0 spiro atoms. The fourth-order valence-corrected chi connectivity index (χ4v) is 2.97. The van der Waals surface area contributed by atoms with E-state index in [9.17, 15) is 9.59 Å². The molecule has 0 radical (unpaired) electrons. The summed E-state index contributed by atoms with van der Waals surface area (Å²) in [7, 11) is 0. The van der Waals surface area contributed by atoms with Crippen molar-refractivity contribution in [2.45, 2.75) is 33.7 Å². The van der Waals surface area contributed by atoms with Gasteiger partial charge in [0.1, 0.15) is 5.69 Å². The molecule has 0 saturated carbocycles. The second-order valence-corrected chi connectivity index (χ2v) is 7.26. The van der Waals surface area contributed by atoms with E-state index in [0.29, 0.717) is 10.8 Å². The highest BCUT2D eigenvalue weighted by Crippen LogP contribution is 2.33. The van der Waals surface area contributed by atoms with E-state index in [0.717, 1.165) is 5.56 Å². The van der Waals surface area contributed by atoms with Crippen LogP contribution in [0.25, 0.3) is 0 Å². The van der Waals surface area contributed by atoms with Crippen LogP contribution in [0.4, 0.5) is 5.13 Å². The minimum atomic E-state index is -0.248. The normalized spacial score (nSPS) is 12.5. The van der Waals surface area contributed by atoms with Crippen molar-refractivity contribution in [1.82, 2.24) is 10.3 Å². The molecule has 1 atom stereocenters. The predicted molar refractivity (Wildman–Crippen MR) is 92.5 cm³/mol. The Bertz CT molecular complexity index is 689. The van der Waals surface area contributed by atoms with Gasteiger partial charge in [0.25, 0.3) is 5.91 Å². The molecule has 0 bridgehead atoms. The molecule has 1 aromatic heterocycles. The maximum atomic E-state index is 12.5. The van der Waals surface area contributed by atoms with E-state index in [1.807, 2.05) is 30.3 Å². The Morgan fingerprint density at radius 3 is 2.39 bits per heavy atom. The van der Waals surface area contributed by atoms with Crippen molar-refractivity contribution < 1.29 is 9.59 Å². The summed E-state index contributed by atoms with van der Waals surface area (Å²) in [6.45, 7) is 7.64. The van der Waals surface area contributed by atoms with Crippen molar-refractivity contribution >= 4 is 28.3 Å². The first kappa shape index (κ1) is 17.1.